The van der Waals surface area contributed by atoms with Crippen molar-refractivity contribution >= 4 is 27.5 Å². The van der Waals surface area contributed by atoms with Gasteiger partial charge < -0.3 is 16.2 Å². The van der Waals surface area contributed by atoms with E-state index in [0.717, 1.165) is 10.0 Å². The van der Waals surface area contributed by atoms with Gasteiger partial charge in [-0.25, -0.2) is 0 Å². The second-order valence-corrected chi connectivity index (χ2v) is 5.22. The Kier molecular flexibility index (Phi) is 4.21. The summed E-state index contributed by atoms with van der Waals surface area (Å²) in [5, 5.41) is 0. The molecule has 1 unspecified atom stereocenters. The summed E-state index contributed by atoms with van der Waals surface area (Å²) in [7, 11) is 0. The first-order valence-electron chi connectivity index (χ1n) is 5.73. The van der Waals surface area contributed by atoms with E-state index in [1.54, 1.807) is 0 Å². The van der Waals surface area contributed by atoms with E-state index in [1.807, 2.05) is 23.1 Å². The second-order valence-electron chi connectivity index (χ2n) is 4.31. The molecule has 0 bridgehead atoms. The number of halogens is 1. The van der Waals surface area contributed by atoms with E-state index in [4.69, 9.17) is 16.2 Å². The molecule has 0 spiro atoms. The fourth-order valence-corrected chi connectivity index (χ4v) is 2.40. The van der Waals surface area contributed by atoms with Crippen LogP contribution in [-0.4, -0.2) is 36.6 Å². The van der Waals surface area contributed by atoms with Crippen molar-refractivity contribution in [2.75, 3.05) is 25.5 Å². The maximum Gasteiger partial charge on any atom is 0.237 e. The topological polar surface area (TPSA) is 81.6 Å². The lowest BCUT2D eigenvalue weighted by atomic mass is 10.1. The SMILES string of the molecule is NC(=O)C1COCCN1Cc1ccc(Br)cc1N. The smallest absolute Gasteiger partial charge is 0.237 e. The highest BCUT2D eigenvalue weighted by Crippen LogP contribution is 2.21. The Morgan fingerprint density at radius 1 is 1.56 bits per heavy atom. The van der Waals surface area contributed by atoms with E-state index < -0.39 is 0 Å². The zero-order valence-corrected chi connectivity index (χ0v) is 11.5. The molecule has 4 N–H and O–H groups in total. The monoisotopic (exact) mass is 313 g/mol. The summed E-state index contributed by atoms with van der Waals surface area (Å²) >= 11 is 3.37. The van der Waals surface area contributed by atoms with Gasteiger partial charge in [-0.3, -0.25) is 9.69 Å². The highest BCUT2D eigenvalue weighted by Gasteiger charge is 2.27. The van der Waals surface area contributed by atoms with Gasteiger partial charge in [0.25, 0.3) is 0 Å². The minimum absolute atomic E-state index is 0.353. The fraction of sp³-hybridized carbons (Fsp3) is 0.417. The number of primary amides is 1. The van der Waals surface area contributed by atoms with E-state index in [9.17, 15) is 4.79 Å². The molecule has 0 radical (unpaired) electrons. The Bertz CT molecular complexity index is 453. The van der Waals surface area contributed by atoms with E-state index in [1.165, 1.54) is 0 Å². The molecule has 18 heavy (non-hydrogen) atoms. The number of morpholine rings is 1. The number of carbonyl (C=O) groups excluding carboxylic acids is 1. The molecule has 0 aromatic heterocycles. The van der Waals surface area contributed by atoms with E-state index in [2.05, 4.69) is 15.9 Å². The summed E-state index contributed by atoms with van der Waals surface area (Å²) < 4.78 is 6.22. The van der Waals surface area contributed by atoms with Crippen LogP contribution in [0.5, 0.6) is 0 Å². The number of hydrogen-bond acceptors (Lipinski definition) is 4. The molecule has 0 saturated carbocycles. The van der Waals surface area contributed by atoms with Crippen molar-refractivity contribution < 1.29 is 9.53 Å². The molecular weight excluding hydrogens is 298 g/mol. The second kappa shape index (κ2) is 5.69. The highest BCUT2D eigenvalue weighted by atomic mass is 79.9. The van der Waals surface area contributed by atoms with Gasteiger partial charge in [-0.05, 0) is 17.7 Å². The number of hydrogen-bond donors (Lipinski definition) is 2. The first kappa shape index (κ1) is 13.3. The summed E-state index contributed by atoms with van der Waals surface area (Å²) in [6.07, 6.45) is 0. The van der Waals surface area contributed by atoms with E-state index in [0.29, 0.717) is 32.0 Å². The zero-order chi connectivity index (χ0) is 13.1. The lowest BCUT2D eigenvalue weighted by molar-refractivity contribution is -0.129. The van der Waals surface area contributed by atoms with Crippen molar-refractivity contribution in [2.45, 2.75) is 12.6 Å². The van der Waals surface area contributed by atoms with Crippen molar-refractivity contribution in [1.29, 1.82) is 0 Å². The average Bonchev–Trinajstić information content (AvgIpc) is 2.33. The molecule has 1 aromatic carbocycles. The number of ether oxygens (including phenoxy) is 1. The predicted octanol–water partition coefficient (Wildman–Crippen LogP) is 0.717. The van der Waals surface area contributed by atoms with Crippen LogP contribution in [0.1, 0.15) is 5.56 Å². The van der Waals surface area contributed by atoms with Gasteiger partial charge in [-0.1, -0.05) is 22.0 Å². The minimum Gasteiger partial charge on any atom is -0.398 e. The standard InChI is InChI=1S/C12H16BrN3O2/c13-9-2-1-8(10(14)5-9)6-16-3-4-18-7-11(16)12(15)17/h1-2,5,11H,3-4,6-7,14H2,(H2,15,17). The number of carbonyl (C=O) groups is 1. The molecule has 2 rings (SSSR count). The molecular formula is C12H16BrN3O2. The van der Waals surface area contributed by atoms with Crippen molar-refractivity contribution in [2.24, 2.45) is 5.73 Å². The van der Waals surface area contributed by atoms with Crippen LogP contribution < -0.4 is 11.5 Å². The molecule has 1 aliphatic heterocycles. The van der Waals surface area contributed by atoms with Crippen LogP contribution in [-0.2, 0) is 16.1 Å². The maximum absolute atomic E-state index is 11.4. The van der Waals surface area contributed by atoms with Gasteiger partial charge in [0.1, 0.15) is 6.04 Å². The Morgan fingerprint density at radius 3 is 3.00 bits per heavy atom. The molecule has 1 aromatic rings. The number of nitrogens with two attached hydrogens (primary N) is 2. The van der Waals surface area contributed by atoms with Crippen LogP contribution in [0.4, 0.5) is 5.69 Å². The van der Waals surface area contributed by atoms with Crippen LogP contribution in [0.15, 0.2) is 22.7 Å². The van der Waals surface area contributed by atoms with Crippen LogP contribution in [0, 0.1) is 0 Å². The highest BCUT2D eigenvalue weighted by molar-refractivity contribution is 9.10. The number of anilines is 1. The third-order valence-electron chi connectivity index (χ3n) is 3.05. The van der Waals surface area contributed by atoms with Gasteiger partial charge in [0.15, 0.2) is 0 Å². The molecule has 5 nitrogen and oxygen atoms in total. The maximum atomic E-state index is 11.4. The Morgan fingerprint density at radius 2 is 2.33 bits per heavy atom. The van der Waals surface area contributed by atoms with E-state index in [-0.39, 0.29) is 11.9 Å². The normalized spacial score (nSPS) is 20.8. The lowest BCUT2D eigenvalue weighted by Crippen LogP contribution is -2.51. The molecule has 1 aliphatic rings. The van der Waals surface area contributed by atoms with Crippen LogP contribution >= 0.6 is 15.9 Å². The van der Waals surface area contributed by atoms with Crippen molar-refractivity contribution in [1.82, 2.24) is 4.90 Å². The van der Waals surface area contributed by atoms with Crippen LogP contribution in [0.3, 0.4) is 0 Å². The van der Waals surface area contributed by atoms with Gasteiger partial charge in [0.05, 0.1) is 13.2 Å². The Labute approximate surface area is 114 Å². The molecule has 1 amide bonds. The van der Waals surface area contributed by atoms with E-state index >= 15 is 0 Å². The molecule has 98 valence electrons. The van der Waals surface area contributed by atoms with Crippen molar-refractivity contribution in [3.8, 4) is 0 Å². The Hall–Kier alpha value is -1.11. The predicted molar refractivity (Wildman–Crippen MR) is 72.8 cm³/mol. The average molecular weight is 314 g/mol. The number of nitrogens with zero attached hydrogens (tertiary/aromatic N) is 1. The first-order chi connectivity index (χ1) is 8.58. The first-order valence-corrected chi connectivity index (χ1v) is 6.52. The van der Waals surface area contributed by atoms with Gasteiger partial charge >= 0.3 is 0 Å². The summed E-state index contributed by atoms with van der Waals surface area (Å²) in [6.45, 7) is 2.26. The molecule has 1 atom stereocenters. The largest absolute Gasteiger partial charge is 0.398 e. The number of rotatable bonds is 3. The molecule has 0 aliphatic carbocycles. The van der Waals surface area contributed by atoms with Crippen molar-refractivity contribution in [3.05, 3.63) is 28.2 Å². The summed E-state index contributed by atoms with van der Waals surface area (Å²) in [5.74, 6) is -0.356. The zero-order valence-electron chi connectivity index (χ0n) is 9.93. The fourth-order valence-electron chi connectivity index (χ4n) is 2.02. The van der Waals surface area contributed by atoms with Crippen LogP contribution in [0.25, 0.3) is 0 Å². The number of benzene rings is 1. The summed E-state index contributed by atoms with van der Waals surface area (Å²) in [4.78, 5) is 13.4. The Balaban J connectivity index is 2.13. The molecule has 6 heteroatoms. The van der Waals surface area contributed by atoms with Crippen LogP contribution in [0.2, 0.25) is 0 Å². The van der Waals surface area contributed by atoms with Crippen molar-refractivity contribution in [3.63, 3.8) is 0 Å². The quantitative estimate of drug-likeness (QED) is 0.806. The van der Waals surface area contributed by atoms with Gasteiger partial charge in [0, 0.05) is 23.2 Å². The molecule has 1 heterocycles. The number of amides is 1. The minimum atomic E-state index is -0.373. The lowest BCUT2D eigenvalue weighted by Gasteiger charge is -2.33. The van der Waals surface area contributed by atoms with Gasteiger partial charge in [0.2, 0.25) is 5.91 Å². The van der Waals surface area contributed by atoms with Gasteiger partial charge in [-0.15, -0.1) is 0 Å². The van der Waals surface area contributed by atoms with Gasteiger partial charge in [-0.2, -0.15) is 0 Å². The molecule has 1 saturated heterocycles. The number of nitrogen functional groups attached to an aromatic ring is 1. The third-order valence-corrected chi connectivity index (χ3v) is 3.54. The summed E-state index contributed by atoms with van der Waals surface area (Å²) in [5.41, 5.74) is 13.0. The molecule has 1 fully saturated rings. The summed E-state index contributed by atoms with van der Waals surface area (Å²) in [6, 6.07) is 5.37. The third kappa shape index (κ3) is 3.01.